The number of hydrogen-bond donors (Lipinski definition) is 0. The predicted octanol–water partition coefficient (Wildman–Crippen LogP) is 4.12. The number of rotatable bonds is 3. The van der Waals surface area contributed by atoms with Crippen LogP contribution in [0.2, 0.25) is 0 Å². The first-order valence-electron chi connectivity index (χ1n) is 8.81. The molecule has 1 aromatic heterocycles. The van der Waals surface area contributed by atoms with Gasteiger partial charge in [0.15, 0.2) is 0 Å². The molecule has 1 unspecified atom stereocenters. The lowest BCUT2D eigenvalue weighted by Gasteiger charge is -2.11. The van der Waals surface area contributed by atoms with Crippen molar-refractivity contribution in [1.29, 1.82) is 5.26 Å². The quantitative estimate of drug-likeness (QED) is 0.854. The molecule has 2 aliphatic rings. The number of oxime groups is 1. The van der Waals surface area contributed by atoms with Crippen molar-refractivity contribution >= 4 is 16.6 Å². The van der Waals surface area contributed by atoms with Crippen molar-refractivity contribution in [3.8, 4) is 6.07 Å². The summed E-state index contributed by atoms with van der Waals surface area (Å²) in [6.45, 7) is 3.92. The Hall–Kier alpha value is -2.35. The van der Waals surface area contributed by atoms with E-state index in [1.54, 1.807) is 6.92 Å². The van der Waals surface area contributed by atoms with Crippen molar-refractivity contribution < 1.29 is 4.84 Å². The second-order valence-electron chi connectivity index (χ2n) is 7.06. The molecule has 1 fully saturated rings. The minimum atomic E-state index is -0.841. The van der Waals surface area contributed by atoms with Crippen molar-refractivity contribution in [2.24, 2.45) is 5.16 Å². The third-order valence-electron chi connectivity index (χ3n) is 5.22. The molecule has 0 N–H and O–H groups in total. The van der Waals surface area contributed by atoms with E-state index in [4.69, 9.17) is 9.94 Å². The molecule has 1 aliphatic heterocycles. The second-order valence-corrected chi connectivity index (χ2v) is 7.06. The Kier molecular flexibility index (Phi) is 3.56. The smallest absolute Gasteiger partial charge is 0.225 e. The molecule has 2 heterocycles. The molecule has 5 nitrogen and oxygen atoms in total. The van der Waals surface area contributed by atoms with Crippen LogP contribution in [0.5, 0.6) is 0 Å². The fraction of sp³-hybridized carbons (Fsp3) is 0.526. The van der Waals surface area contributed by atoms with E-state index in [2.05, 4.69) is 41.0 Å². The summed E-state index contributed by atoms with van der Waals surface area (Å²) in [4.78, 5) is 5.32. The zero-order valence-electron chi connectivity index (χ0n) is 14.2. The molecular formula is C19H22N4O. The number of benzene rings is 1. The third kappa shape index (κ3) is 2.37. The van der Waals surface area contributed by atoms with Crippen LogP contribution in [0.4, 0.5) is 0 Å². The van der Waals surface area contributed by atoms with Crippen LogP contribution in [-0.4, -0.2) is 21.1 Å². The van der Waals surface area contributed by atoms with Crippen LogP contribution in [0.1, 0.15) is 63.3 Å². The van der Waals surface area contributed by atoms with Crippen molar-refractivity contribution in [2.75, 3.05) is 0 Å². The summed E-state index contributed by atoms with van der Waals surface area (Å²) in [5, 5.41) is 19.4. The maximum absolute atomic E-state index is 9.21. The maximum atomic E-state index is 9.21. The van der Waals surface area contributed by atoms with Crippen LogP contribution in [0, 0.1) is 11.3 Å². The average molecular weight is 322 g/mol. The molecule has 0 radical (unpaired) electrons. The van der Waals surface area contributed by atoms with E-state index in [-0.39, 0.29) is 0 Å². The molecule has 0 spiro atoms. The van der Waals surface area contributed by atoms with Gasteiger partial charge in [0, 0.05) is 17.4 Å². The number of nitrogens with zero attached hydrogens (tertiary/aromatic N) is 4. The Morgan fingerprint density at radius 1 is 1.38 bits per heavy atom. The van der Waals surface area contributed by atoms with Gasteiger partial charge in [-0.15, -0.1) is 0 Å². The van der Waals surface area contributed by atoms with Gasteiger partial charge in [-0.2, -0.15) is 10.4 Å². The maximum Gasteiger partial charge on any atom is 0.225 e. The molecule has 1 atom stereocenters. The number of fused-ring (bicyclic) bond motifs is 1. The molecule has 2 aromatic rings. The van der Waals surface area contributed by atoms with E-state index in [1.165, 1.54) is 36.6 Å². The van der Waals surface area contributed by atoms with Crippen LogP contribution >= 0.6 is 0 Å². The highest BCUT2D eigenvalue weighted by molar-refractivity contribution is 6.04. The topological polar surface area (TPSA) is 63.2 Å². The van der Waals surface area contributed by atoms with Gasteiger partial charge in [-0.05, 0) is 38.3 Å². The first-order valence-corrected chi connectivity index (χ1v) is 8.81. The van der Waals surface area contributed by atoms with Crippen LogP contribution in [0.25, 0.3) is 10.9 Å². The summed E-state index contributed by atoms with van der Waals surface area (Å²) in [7, 11) is 0. The summed E-state index contributed by atoms with van der Waals surface area (Å²) in [6.07, 6.45) is 6.48. The number of aryl methyl sites for hydroxylation is 1. The highest BCUT2D eigenvalue weighted by Crippen LogP contribution is 2.34. The van der Waals surface area contributed by atoms with Crippen LogP contribution in [0.15, 0.2) is 23.4 Å². The van der Waals surface area contributed by atoms with Gasteiger partial charge in [0.25, 0.3) is 0 Å². The van der Waals surface area contributed by atoms with E-state index in [0.29, 0.717) is 12.5 Å². The number of hydrogen-bond acceptors (Lipinski definition) is 4. The van der Waals surface area contributed by atoms with E-state index in [9.17, 15) is 5.26 Å². The van der Waals surface area contributed by atoms with E-state index in [0.717, 1.165) is 23.4 Å². The van der Waals surface area contributed by atoms with Gasteiger partial charge in [-0.1, -0.05) is 31.0 Å². The van der Waals surface area contributed by atoms with Gasteiger partial charge in [0.1, 0.15) is 6.07 Å². The van der Waals surface area contributed by atoms with Gasteiger partial charge in [0.05, 0.1) is 23.0 Å². The monoisotopic (exact) mass is 322 g/mol. The average Bonchev–Trinajstić information content (AvgIpc) is 3.32. The lowest BCUT2D eigenvalue weighted by molar-refractivity contribution is 0.0425. The van der Waals surface area contributed by atoms with Gasteiger partial charge in [-0.3, -0.25) is 4.68 Å². The molecule has 5 heteroatoms. The Morgan fingerprint density at radius 2 is 2.17 bits per heavy atom. The fourth-order valence-corrected chi connectivity index (χ4v) is 3.83. The SMILES string of the molecule is CCc1nn(C2CCCC2)c2ccc(C3=NOC(C)(C#N)C3)cc12. The minimum Gasteiger partial charge on any atom is -0.374 e. The highest BCUT2D eigenvalue weighted by atomic mass is 16.7. The first kappa shape index (κ1) is 15.2. The van der Waals surface area contributed by atoms with Gasteiger partial charge >= 0.3 is 0 Å². The molecule has 24 heavy (non-hydrogen) atoms. The lowest BCUT2D eigenvalue weighted by atomic mass is 9.96. The Balaban J connectivity index is 1.75. The summed E-state index contributed by atoms with van der Waals surface area (Å²) < 4.78 is 2.23. The minimum absolute atomic E-state index is 0.521. The van der Waals surface area contributed by atoms with Crippen LogP contribution in [0.3, 0.4) is 0 Å². The zero-order valence-corrected chi connectivity index (χ0v) is 14.2. The molecule has 0 amide bonds. The number of nitriles is 1. The number of aromatic nitrogens is 2. The Bertz CT molecular complexity index is 854. The van der Waals surface area contributed by atoms with Gasteiger partial charge < -0.3 is 4.84 Å². The first-order chi connectivity index (χ1) is 11.6. The van der Waals surface area contributed by atoms with E-state index in [1.807, 2.05) is 0 Å². The standard InChI is InChI=1S/C19H22N4O/c1-3-16-15-10-13(17-11-19(2,12-20)24-22-17)8-9-18(15)23(21-16)14-6-4-5-7-14/h8-10,14H,3-7,11H2,1-2H3. The summed E-state index contributed by atoms with van der Waals surface area (Å²) in [6, 6.07) is 9.12. The van der Waals surface area contributed by atoms with Crippen LogP contribution in [-0.2, 0) is 11.3 Å². The molecule has 124 valence electrons. The van der Waals surface area contributed by atoms with Crippen molar-refractivity contribution in [1.82, 2.24) is 9.78 Å². The zero-order chi connectivity index (χ0) is 16.7. The molecule has 4 rings (SSSR count). The largest absolute Gasteiger partial charge is 0.374 e. The van der Waals surface area contributed by atoms with Crippen LogP contribution < -0.4 is 0 Å². The Morgan fingerprint density at radius 3 is 2.83 bits per heavy atom. The fourth-order valence-electron chi connectivity index (χ4n) is 3.83. The molecule has 0 saturated heterocycles. The molecule has 1 aromatic carbocycles. The van der Waals surface area contributed by atoms with Crippen molar-refractivity contribution in [2.45, 2.75) is 64.0 Å². The lowest BCUT2D eigenvalue weighted by Crippen LogP contribution is -2.21. The second kappa shape index (κ2) is 5.62. The van der Waals surface area contributed by atoms with Gasteiger partial charge in [-0.25, -0.2) is 0 Å². The molecule has 1 aliphatic carbocycles. The van der Waals surface area contributed by atoms with E-state index >= 15 is 0 Å². The Labute approximate surface area is 141 Å². The molecule has 0 bridgehead atoms. The third-order valence-corrected chi connectivity index (χ3v) is 5.22. The van der Waals surface area contributed by atoms with Crippen molar-refractivity contribution in [3.05, 3.63) is 29.5 Å². The summed E-state index contributed by atoms with van der Waals surface area (Å²) >= 11 is 0. The van der Waals surface area contributed by atoms with Gasteiger partial charge in [0.2, 0.25) is 5.60 Å². The predicted molar refractivity (Wildman–Crippen MR) is 92.9 cm³/mol. The highest BCUT2D eigenvalue weighted by Gasteiger charge is 2.35. The van der Waals surface area contributed by atoms with E-state index < -0.39 is 5.60 Å². The van der Waals surface area contributed by atoms with Crippen molar-refractivity contribution in [3.63, 3.8) is 0 Å². The summed E-state index contributed by atoms with van der Waals surface area (Å²) in [5.74, 6) is 0. The molecular weight excluding hydrogens is 300 g/mol. The molecule has 1 saturated carbocycles. The summed E-state index contributed by atoms with van der Waals surface area (Å²) in [5.41, 5.74) is 3.39. The normalized spacial score (nSPS) is 24.1.